The Hall–Kier alpha value is -2.95. The summed E-state index contributed by atoms with van der Waals surface area (Å²) in [6.45, 7) is 6.67. The molecule has 0 aromatic heterocycles. The van der Waals surface area contributed by atoms with Crippen LogP contribution in [0.2, 0.25) is 0 Å². The van der Waals surface area contributed by atoms with Gasteiger partial charge in [0.1, 0.15) is 0 Å². The number of carbonyl (C=O) groups is 3. The number of carboxylic acid groups (broad SMARTS) is 1. The molecule has 0 aliphatic rings. The normalized spacial score (nSPS) is 9.00. The molecule has 0 fully saturated rings. The largest absolute Gasteiger partial charge is 0.478 e. The summed E-state index contributed by atoms with van der Waals surface area (Å²) in [5.74, 6) is -3.25. The molecule has 1 N–H and O–H groups in total. The van der Waals surface area contributed by atoms with Gasteiger partial charge in [0.15, 0.2) is 0 Å². The number of carboxylic acids is 1. The number of esters is 2. The van der Waals surface area contributed by atoms with Gasteiger partial charge in [-0.2, -0.15) is 0 Å². The molecule has 5 heteroatoms. The smallest absolute Gasteiger partial charge is 0.338 e. The quantitative estimate of drug-likeness (QED) is 0.517. The monoisotopic (exact) mass is 274 g/mol. The molecule has 1 aromatic rings. The minimum absolute atomic E-state index is 0.568. The predicted octanol–water partition coefficient (Wildman–Crippen LogP) is 2.21. The number of ether oxygens (including phenoxy) is 1. The van der Waals surface area contributed by atoms with Gasteiger partial charge in [-0.05, 0) is 5.56 Å². The van der Waals surface area contributed by atoms with Crippen molar-refractivity contribution in [1.82, 2.24) is 0 Å². The highest BCUT2D eigenvalue weighted by Gasteiger charge is 2.02. The fourth-order valence-corrected chi connectivity index (χ4v) is 0.903. The third kappa shape index (κ3) is 9.12. The van der Waals surface area contributed by atoms with Crippen molar-refractivity contribution >= 4 is 24.0 Å². The second kappa shape index (κ2) is 10.0. The Labute approximate surface area is 116 Å². The second-order valence-corrected chi connectivity index (χ2v) is 3.23. The Bertz CT molecular complexity index is 514. The van der Waals surface area contributed by atoms with Crippen molar-refractivity contribution in [2.75, 3.05) is 0 Å². The minimum atomic E-state index is -1.29. The number of benzene rings is 1. The Morgan fingerprint density at radius 3 is 2.00 bits per heavy atom. The first-order chi connectivity index (χ1) is 9.49. The summed E-state index contributed by atoms with van der Waals surface area (Å²) >= 11 is 0. The second-order valence-electron chi connectivity index (χ2n) is 3.23. The molecule has 20 heavy (non-hydrogen) atoms. The molecule has 0 aliphatic carbocycles. The van der Waals surface area contributed by atoms with Crippen LogP contribution in [-0.4, -0.2) is 23.0 Å². The van der Waals surface area contributed by atoms with E-state index in [0.717, 1.165) is 6.08 Å². The molecule has 1 rings (SSSR count). The lowest BCUT2D eigenvalue weighted by atomic mass is 10.2. The summed E-state index contributed by atoms with van der Waals surface area (Å²) in [6.07, 6.45) is 3.83. The number of carbonyl (C=O) groups excluding carboxylic acids is 2. The Balaban J connectivity index is 0.000000388. The molecule has 5 nitrogen and oxygen atoms in total. The lowest BCUT2D eigenvalue weighted by Crippen LogP contribution is -2.07. The van der Waals surface area contributed by atoms with Crippen LogP contribution in [0.3, 0.4) is 0 Å². The fraction of sp³-hybridized carbons (Fsp3) is 0. The zero-order chi connectivity index (χ0) is 15.4. The third-order valence-corrected chi connectivity index (χ3v) is 1.77. The van der Waals surface area contributed by atoms with E-state index in [-0.39, 0.29) is 0 Å². The SMILES string of the molecule is C=CC(=O)OC(=O)C=CC(=O)O.C=Cc1ccccc1. The molecule has 0 saturated carbocycles. The summed E-state index contributed by atoms with van der Waals surface area (Å²) in [6, 6.07) is 10.0. The van der Waals surface area contributed by atoms with Gasteiger partial charge < -0.3 is 9.84 Å². The molecule has 1 aromatic carbocycles. The average Bonchev–Trinajstić information content (AvgIpc) is 2.46. The van der Waals surface area contributed by atoms with Crippen molar-refractivity contribution in [3.8, 4) is 0 Å². The van der Waals surface area contributed by atoms with Crippen molar-refractivity contribution in [3.63, 3.8) is 0 Å². The van der Waals surface area contributed by atoms with Gasteiger partial charge in [-0.25, -0.2) is 14.4 Å². The van der Waals surface area contributed by atoms with Crippen LogP contribution >= 0.6 is 0 Å². The molecule has 0 amide bonds. The van der Waals surface area contributed by atoms with Crippen molar-refractivity contribution in [1.29, 1.82) is 0 Å². The van der Waals surface area contributed by atoms with Crippen LogP contribution in [0.25, 0.3) is 6.08 Å². The fourth-order valence-electron chi connectivity index (χ4n) is 0.903. The van der Waals surface area contributed by atoms with E-state index in [2.05, 4.69) is 17.9 Å². The first kappa shape index (κ1) is 17.1. The first-order valence-electron chi connectivity index (χ1n) is 5.46. The Kier molecular flexibility index (Phi) is 8.54. The maximum atomic E-state index is 10.5. The number of hydrogen-bond acceptors (Lipinski definition) is 4. The van der Waals surface area contributed by atoms with Crippen LogP contribution in [0, 0.1) is 0 Å². The van der Waals surface area contributed by atoms with Crippen LogP contribution in [0.15, 0.2) is 61.7 Å². The van der Waals surface area contributed by atoms with Crippen LogP contribution < -0.4 is 0 Å². The van der Waals surface area contributed by atoms with Gasteiger partial charge >= 0.3 is 17.9 Å². The van der Waals surface area contributed by atoms with E-state index >= 15 is 0 Å². The Morgan fingerprint density at radius 2 is 1.60 bits per heavy atom. The molecule has 0 saturated heterocycles. The molecule has 0 aliphatic heterocycles. The number of aliphatic carboxylic acids is 1. The summed E-state index contributed by atoms with van der Waals surface area (Å²) in [5, 5.41) is 8.05. The molecule has 0 unspecified atom stereocenters. The predicted molar refractivity (Wildman–Crippen MR) is 74.6 cm³/mol. The van der Waals surface area contributed by atoms with Crippen molar-refractivity contribution in [3.05, 3.63) is 67.3 Å². The molecule has 0 bridgehead atoms. The third-order valence-electron chi connectivity index (χ3n) is 1.77. The van der Waals surface area contributed by atoms with Crippen LogP contribution in [0.4, 0.5) is 0 Å². The lowest BCUT2D eigenvalue weighted by Gasteiger charge is -1.91. The number of hydrogen-bond donors (Lipinski definition) is 1. The summed E-state index contributed by atoms with van der Waals surface area (Å²) < 4.78 is 4.00. The maximum Gasteiger partial charge on any atom is 0.338 e. The van der Waals surface area contributed by atoms with Crippen LogP contribution in [0.5, 0.6) is 0 Å². The van der Waals surface area contributed by atoms with E-state index in [1.54, 1.807) is 0 Å². The standard InChI is InChI=1S/C8H8.C7H6O5/c1-2-8-6-4-3-5-7-8;1-2-6(10)12-7(11)4-3-5(8)9/h2-7H,1H2;2-4H,1H2,(H,8,9). The van der Waals surface area contributed by atoms with Gasteiger partial charge in [0.2, 0.25) is 0 Å². The van der Waals surface area contributed by atoms with E-state index in [9.17, 15) is 14.4 Å². The minimum Gasteiger partial charge on any atom is -0.478 e. The molecule has 0 spiro atoms. The van der Waals surface area contributed by atoms with E-state index in [1.807, 2.05) is 36.4 Å². The molecule has 0 heterocycles. The maximum absolute atomic E-state index is 10.5. The molecule has 0 radical (unpaired) electrons. The van der Waals surface area contributed by atoms with Crippen LogP contribution in [0.1, 0.15) is 5.56 Å². The summed E-state index contributed by atoms with van der Waals surface area (Å²) in [4.78, 5) is 30.7. The van der Waals surface area contributed by atoms with Crippen molar-refractivity contribution in [2.45, 2.75) is 0 Å². The van der Waals surface area contributed by atoms with Gasteiger partial charge in [-0.1, -0.05) is 49.6 Å². The average molecular weight is 274 g/mol. The van der Waals surface area contributed by atoms with E-state index in [1.165, 1.54) is 5.56 Å². The van der Waals surface area contributed by atoms with Gasteiger partial charge in [-0.15, -0.1) is 0 Å². The van der Waals surface area contributed by atoms with E-state index in [4.69, 9.17) is 5.11 Å². The highest BCUT2D eigenvalue weighted by Crippen LogP contribution is 1.97. The van der Waals surface area contributed by atoms with Crippen LogP contribution in [-0.2, 0) is 19.1 Å². The first-order valence-corrected chi connectivity index (χ1v) is 5.46. The van der Waals surface area contributed by atoms with E-state index in [0.29, 0.717) is 12.2 Å². The Morgan fingerprint density at radius 1 is 1.00 bits per heavy atom. The van der Waals surface area contributed by atoms with Crippen molar-refractivity contribution in [2.24, 2.45) is 0 Å². The van der Waals surface area contributed by atoms with E-state index < -0.39 is 17.9 Å². The van der Waals surface area contributed by atoms with Gasteiger partial charge in [0, 0.05) is 18.2 Å². The van der Waals surface area contributed by atoms with Gasteiger partial charge in [0.05, 0.1) is 0 Å². The van der Waals surface area contributed by atoms with Gasteiger partial charge in [-0.3, -0.25) is 0 Å². The lowest BCUT2D eigenvalue weighted by molar-refractivity contribution is -0.152. The highest BCUT2D eigenvalue weighted by molar-refractivity contribution is 5.98. The molecular formula is C15H14O5. The summed E-state index contributed by atoms with van der Waals surface area (Å²) in [7, 11) is 0. The molecule has 0 atom stereocenters. The number of rotatable bonds is 4. The molecule has 104 valence electrons. The van der Waals surface area contributed by atoms with Gasteiger partial charge in [0.25, 0.3) is 0 Å². The summed E-state index contributed by atoms with van der Waals surface area (Å²) in [5.41, 5.74) is 1.17. The molecular weight excluding hydrogens is 260 g/mol. The zero-order valence-corrected chi connectivity index (χ0v) is 10.7. The van der Waals surface area contributed by atoms with Crippen molar-refractivity contribution < 1.29 is 24.2 Å². The highest BCUT2D eigenvalue weighted by atomic mass is 16.6. The zero-order valence-electron chi connectivity index (χ0n) is 10.7. The topological polar surface area (TPSA) is 80.7 Å².